The van der Waals surface area contributed by atoms with E-state index in [1.807, 2.05) is 44.7 Å². The minimum atomic E-state index is -0.290. The lowest BCUT2D eigenvalue weighted by Crippen LogP contribution is -2.32. The molecule has 0 aliphatic carbocycles. The Balaban J connectivity index is 2.19. The Kier molecular flexibility index (Phi) is 4.13. The van der Waals surface area contributed by atoms with Crippen molar-refractivity contribution in [3.8, 4) is 5.88 Å². The van der Waals surface area contributed by atoms with E-state index in [2.05, 4.69) is 16.9 Å². The first kappa shape index (κ1) is 14.3. The summed E-state index contributed by atoms with van der Waals surface area (Å²) in [5, 5.41) is 0. The van der Waals surface area contributed by atoms with Crippen molar-refractivity contribution in [3.05, 3.63) is 12.1 Å². The second-order valence-corrected chi connectivity index (χ2v) is 7.06. The summed E-state index contributed by atoms with van der Waals surface area (Å²) < 4.78 is 5.82. The largest absolute Gasteiger partial charge is 0.470 e. The summed E-state index contributed by atoms with van der Waals surface area (Å²) in [6, 6.07) is 4.40. The summed E-state index contributed by atoms with van der Waals surface area (Å²) in [7, 11) is 2.09. The van der Waals surface area contributed by atoms with Gasteiger partial charge in [-0.2, -0.15) is 16.7 Å². The number of anilines is 2. The monoisotopic (exact) mass is 281 g/mol. The average Bonchev–Trinajstić information content (AvgIpc) is 2.83. The Bertz CT molecular complexity index is 439. The van der Waals surface area contributed by atoms with Crippen LogP contribution in [0.2, 0.25) is 0 Å². The fourth-order valence-electron chi connectivity index (χ4n) is 2.02. The van der Waals surface area contributed by atoms with Crippen molar-refractivity contribution in [1.82, 2.24) is 4.98 Å². The highest BCUT2D eigenvalue weighted by atomic mass is 32.2. The van der Waals surface area contributed by atoms with Gasteiger partial charge in [0.05, 0.1) is 5.69 Å². The van der Waals surface area contributed by atoms with Gasteiger partial charge in [0.1, 0.15) is 11.4 Å². The molecule has 2 N–H and O–H groups in total. The zero-order valence-electron chi connectivity index (χ0n) is 12.1. The Hall–Kier alpha value is -1.10. The predicted molar refractivity (Wildman–Crippen MR) is 83.2 cm³/mol. The molecule has 4 nitrogen and oxygen atoms in total. The molecule has 2 heterocycles. The fraction of sp³-hybridized carbons (Fsp3) is 0.643. The molecule has 1 fully saturated rings. The molecule has 1 aromatic heterocycles. The van der Waals surface area contributed by atoms with Crippen molar-refractivity contribution in [3.63, 3.8) is 0 Å². The summed E-state index contributed by atoms with van der Waals surface area (Å²) >= 11 is 2.00. The van der Waals surface area contributed by atoms with E-state index in [9.17, 15) is 0 Å². The third kappa shape index (κ3) is 3.69. The molecule has 5 heteroatoms. The van der Waals surface area contributed by atoms with E-state index in [-0.39, 0.29) is 5.60 Å². The average molecular weight is 281 g/mol. The summed E-state index contributed by atoms with van der Waals surface area (Å²) in [4.78, 5) is 6.80. The summed E-state index contributed by atoms with van der Waals surface area (Å²) in [5.41, 5.74) is 6.24. The van der Waals surface area contributed by atoms with Crippen LogP contribution in [0.4, 0.5) is 11.5 Å². The lowest BCUT2D eigenvalue weighted by atomic mass is 10.2. The lowest BCUT2D eigenvalue weighted by molar-refractivity contribution is 0.125. The molecular formula is C14H23N3OS. The topological polar surface area (TPSA) is 51.4 Å². The number of hydrogen-bond donors (Lipinski definition) is 1. The third-order valence-corrected chi connectivity index (χ3v) is 4.24. The minimum Gasteiger partial charge on any atom is -0.470 e. The van der Waals surface area contributed by atoms with Gasteiger partial charge in [0.15, 0.2) is 0 Å². The van der Waals surface area contributed by atoms with Gasteiger partial charge in [-0.15, -0.1) is 0 Å². The molecule has 0 spiro atoms. The highest BCUT2D eigenvalue weighted by Crippen LogP contribution is 2.29. The second-order valence-electron chi connectivity index (χ2n) is 5.91. The van der Waals surface area contributed by atoms with Crippen LogP contribution in [0.25, 0.3) is 0 Å². The van der Waals surface area contributed by atoms with Crippen LogP contribution < -0.4 is 15.4 Å². The maximum Gasteiger partial charge on any atom is 0.239 e. The Morgan fingerprint density at radius 1 is 1.42 bits per heavy atom. The first-order chi connectivity index (χ1) is 8.87. The molecule has 1 unspecified atom stereocenters. The second kappa shape index (κ2) is 5.49. The third-order valence-electron chi connectivity index (χ3n) is 3.09. The van der Waals surface area contributed by atoms with E-state index in [1.54, 1.807) is 0 Å². The van der Waals surface area contributed by atoms with E-state index in [4.69, 9.17) is 10.5 Å². The van der Waals surface area contributed by atoms with Crippen LogP contribution in [0, 0.1) is 0 Å². The predicted octanol–water partition coefficient (Wildman–Crippen LogP) is 2.78. The Morgan fingerprint density at radius 2 is 2.16 bits per heavy atom. The van der Waals surface area contributed by atoms with Gasteiger partial charge >= 0.3 is 0 Å². The van der Waals surface area contributed by atoms with Crippen molar-refractivity contribution in [2.45, 2.75) is 38.8 Å². The van der Waals surface area contributed by atoms with Crippen LogP contribution in [0.3, 0.4) is 0 Å². The van der Waals surface area contributed by atoms with Crippen LogP contribution >= 0.6 is 11.8 Å². The molecule has 19 heavy (non-hydrogen) atoms. The maximum atomic E-state index is 5.94. The number of aromatic nitrogens is 1. The summed E-state index contributed by atoms with van der Waals surface area (Å²) in [6.45, 7) is 5.99. The number of thioether (sulfide) groups is 1. The zero-order valence-corrected chi connectivity index (χ0v) is 13.0. The summed E-state index contributed by atoms with van der Waals surface area (Å²) in [5.74, 6) is 3.86. The van der Waals surface area contributed by atoms with Gasteiger partial charge in [-0.25, -0.2) is 0 Å². The highest BCUT2D eigenvalue weighted by Gasteiger charge is 2.22. The molecule has 0 radical (unpaired) electrons. The molecule has 1 aliphatic heterocycles. The minimum absolute atomic E-state index is 0.290. The molecule has 0 saturated carbocycles. The molecule has 2 rings (SSSR count). The van der Waals surface area contributed by atoms with E-state index in [0.29, 0.717) is 17.6 Å². The first-order valence-electron chi connectivity index (χ1n) is 6.63. The van der Waals surface area contributed by atoms with Crippen LogP contribution in [0.15, 0.2) is 12.1 Å². The maximum absolute atomic E-state index is 5.94. The number of nitrogens with zero attached hydrogens (tertiary/aromatic N) is 2. The standard InChI is InChI=1S/C14H23N3OS/c1-14(2,3)18-13-11(15)5-6-12(16-13)17(4)10-7-8-19-9-10/h5-6,10H,7-9,15H2,1-4H3. The molecule has 106 valence electrons. The van der Waals surface area contributed by atoms with Crippen LogP contribution in [0.1, 0.15) is 27.2 Å². The van der Waals surface area contributed by atoms with Gasteiger partial charge < -0.3 is 15.4 Å². The normalized spacial score (nSPS) is 19.5. The number of nitrogen functional groups attached to an aromatic ring is 1. The SMILES string of the molecule is CN(c1ccc(N)c(OC(C)(C)C)n1)C1CCSC1. The molecule has 0 amide bonds. The van der Waals surface area contributed by atoms with Gasteiger partial charge in [0.2, 0.25) is 5.88 Å². The number of ether oxygens (including phenoxy) is 1. The molecule has 0 bridgehead atoms. The number of nitrogens with two attached hydrogens (primary N) is 1. The van der Waals surface area contributed by atoms with E-state index >= 15 is 0 Å². The van der Waals surface area contributed by atoms with Gasteiger partial charge in [-0.3, -0.25) is 0 Å². The lowest BCUT2D eigenvalue weighted by Gasteiger charge is -2.27. The summed E-state index contributed by atoms with van der Waals surface area (Å²) in [6.07, 6.45) is 1.21. The van der Waals surface area contributed by atoms with Crippen LogP contribution in [-0.2, 0) is 0 Å². The van der Waals surface area contributed by atoms with Gasteiger partial charge in [-0.05, 0) is 45.1 Å². The number of hydrogen-bond acceptors (Lipinski definition) is 5. The Morgan fingerprint density at radius 3 is 2.74 bits per heavy atom. The van der Waals surface area contributed by atoms with Gasteiger partial charge in [0, 0.05) is 18.8 Å². The quantitative estimate of drug-likeness (QED) is 0.923. The first-order valence-corrected chi connectivity index (χ1v) is 7.78. The van der Waals surface area contributed by atoms with Crippen LogP contribution in [0.5, 0.6) is 5.88 Å². The van der Waals surface area contributed by atoms with E-state index in [1.165, 1.54) is 12.2 Å². The van der Waals surface area contributed by atoms with Crippen molar-refractivity contribution in [2.24, 2.45) is 0 Å². The van der Waals surface area contributed by atoms with Crippen molar-refractivity contribution in [1.29, 1.82) is 0 Å². The van der Waals surface area contributed by atoms with Gasteiger partial charge in [-0.1, -0.05) is 0 Å². The molecule has 1 aromatic rings. The molecule has 1 atom stereocenters. The van der Waals surface area contributed by atoms with E-state index < -0.39 is 0 Å². The molecular weight excluding hydrogens is 258 g/mol. The fourth-order valence-corrected chi connectivity index (χ4v) is 3.29. The van der Waals surface area contributed by atoms with Crippen LogP contribution in [-0.4, -0.2) is 35.2 Å². The van der Waals surface area contributed by atoms with Gasteiger partial charge in [0.25, 0.3) is 0 Å². The van der Waals surface area contributed by atoms with E-state index in [0.717, 1.165) is 11.6 Å². The highest BCUT2D eigenvalue weighted by molar-refractivity contribution is 7.99. The number of rotatable bonds is 3. The van der Waals surface area contributed by atoms with Crippen molar-refractivity contribution >= 4 is 23.3 Å². The smallest absolute Gasteiger partial charge is 0.239 e. The van der Waals surface area contributed by atoms with Crippen molar-refractivity contribution < 1.29 is 4.74 Å². The number of pyridine rings is 1. The molecule has 1 saturated heterocycles. The zero-order chi connectivity index (χ0) is 14.0. The molecule has 1 aliphatic rings. The van der Waals surface area contributed by atoms with Crippen molar-refractivity contribution in [2.75, 3.05) is 29.2 Å². The molecule has 0 aromatic carbocycles. The Labute approximate surface area is 119 Å².